The van der Waals surface area contributed by atoms with E-state index >= 15 is 0 Å². The summed E-state index contributed by atoms with van der Waals surface area (Å²) >= 11 is 0. The number of unbranched alkanes of at least 4 members (excludes halogenated alkanes) is 2. The fourth-order valence-corrected chi connectivity index (χ4v) is 4.95. The first-order valence-electron chi connectivity index (χ1n) is 15.2. The predicted molar refractivity (Wildman–Crippen MR) is 158 cm³/mol. The van der Waals surface area contributed by atoms with Crippen LogP contribution < -0.4 is 25.7 Å². The van der Waals surface area contributed by atoms with E-state index in [0.717, 1.165) is 68.7 Å². The van der Waals surface area contributed by atoms with Gasteiger partial charge in [-0.15, -0.1) is 0 Å². The van der Waals surface area contributed by atoms with Crippen LogP contribution >= 0.6 is 0 Å². The molecule has 0 unspecified atom stereocenters. The number of ketones is 1. The van der Waals surface area contributed by atoms with E-state index in [1.165, 1.54) is 15.7 Å². The molecule has 1 amide bonds. The number of rotatable bonds is 10. The minimum absolute atomic E-state index is 0.0916. The number of amides is 1. The van der Waals surface area contributed by atoms with Crippen molar-refractivity contribution in [1.82, 2.24) is 5.32 Å². The zero-order valence-electron chi connectivity index (χ0n) is 26.4. The number of aliphatic carboxylic acids is 2. The number of fused-ring (bicyclic) bond motifs is 1. The first kappa shape index (κ1) is 39.9. The molecule has 4 rings (SSSR count). The Morgan fingerprint density at radius 2 is 1.48 bits per heavy atom. The monoisotopic (exact) mass is 688 g/mol. The van der Waals surface area contributed by atoms with Gasteiger partial charge in [-0.1, -0.05) is 43.2 Å². The number of amidine groups is 1. The maximum Gasteiger partial charge on any atom is 0.430 e. The second kappa shape index (κ2) is 18.3. The molecule has 0 aromatic heterocycles. The molecule has 0 radical (unpaired) electrons. The Morgan fingerprint density at radius 3 is 2.02 bits per heavy atom. The van der Waals surface area contributed by atoms with Crippen LogP contribution in [0.2, 0.25) is 0 Å². The summed E-state index contributed by atoms with van der Waals surface area (Å²) in [6.07, 6.45) is -2.24. The molecule has 0 spiro atoms. The van der Waals surface area contributed by atoms with Gasteiger partial charge in [0.2, 0.25) is 11.7 Å². The molecule has 48 heavy (non-hydrogen) atoms. The van der Waals surface area contributed by atoms with Crippen LogP contribution in [0.5, 0.6) is 0 Å². The zero-order valence-corrected chi connectivity index (χ0v) is 26.4. The average Bonchev–Trinajstić information content (AvgIpc) is 3.50. The summed E-state index contributed by atoms with van der Waals surface area (Å²) in [5, 5.41) is 25.5. The number of Topliss-reactive ketones (excluding diaryl/α,β-unsaturated/α-hetero) is 1. The number of aliphatic imine (C=N–C) groups is 1. The van der Waals surface area contributed by atoms with Gasteiger partial charge in [-0.05, 0) is 42.7 Å². The number of halogens is 6. The Bertz CT molecular complexity index is 1460. The predicted octanol–water partition coefficient (Wildman–Crippen LogP) is 0.660. The largest absolute Gasteiger partial charge is 0.542 e. The van der Waals surface area contributed by atoms with Gasteiger partial charge in [0.1, 0.15) is 23.8 Å². The highest BCUT2D eigenvalue weighted by Gasteiger charge is 2.32. The van der Waals surface area contributed by atoms with Crippen molar-refractivity contribution in [3.63, 3.8) is 0 Å². The van der Waals surface area contributed by atoms with E-state index in [-0.39, 0.29) is 23.7 Å². The maximum absolute atomic E-state index is 13.1. The number of likely N-dealkylation sites (tertiary alicyclic amines) is 1. The fraction of sp³-hybridized carbons (Fsp3) is 0.469. The van der Waals surface area contributed by atoms with E-state index in [2.05, 4.69) is 60.1 Å². The van der Waals surface area contributed by atoms with Crippen molar-refractivity contribution in [3.8, 4) is 0 Å². The van der Waals surface area contributed by atoms with Crippen LogP contribution in [0.3, 0.4) is 0 Å². The standard InChI is InChI=1S/C28H36N4O2.2C2HF3O2/c1-20(33)8-4-3-5-11-25(31-28(34)22-14-16-32(2)17-15-22)27-29-19-26(30-27)24-13-12-21-9-6-7-10-23(21)18-24;2*3-2(4,5)1(6)7/h6-7,9-10,12-13,18-19,22,25H,3-5,8,11,14-17H2,1-2H3,(H,29,30)(H,31,34);2*(H,6,7)/t25-;;/m0../s1. The summed E-state index contributed by atoms with van der Waals surface area (Å²) in [6, 6.07) is 14.8. The molecule has 2 aromatic carbocycles. The first-order valence-corrected chi connectivity index (χ1v) is 15.2. The molecule has 0 aliphatic carbocycles. The van der Waals surface area contributed by atoms with Crippen LogP contribution in [-0.4, -0.2) is 68.0 Å². The molecule has 2 heterocycles. The van der Waals surface area contributed by atoms with Gasteiger partial charge in [-0.3, -0.25) is 10.1 Å². The third-order valence-corrected chi connectivity index (χ3v) is 7.61. The van der Waals surface area contributed by atoms with Crippen LogP contribution in [-0.2, 0) is 19.2 Å². The number of benzene rings is 2. The van der Waals surface area contributed by atoms with Crippen LogP contribution in [0.15, 0.2) is 53.7 Å². The number of hydrogen-bond acceptors (Lipinski definition) is 7. The van der Waals surface area contributed by atoms with E-state index in [0.29, 0.717) is 6.42 Å². The molecule has 1 fully saturated rings. The SMILES string of the molecule is CC(=O)CCCCC[C@H](NC(=O)C1CC[NH+](C)CC1)C1=NC=C(c2ccc3ccccc3c2)[NH2+]1.O=C([O-])C(F)(F)F.O=C([O-])C(F)(F)F. The van der Waals surface area contributed by atoms with E-state index in [1.807, 2.05) is 6.20 Å². The van der Waals surface area contributed by atoms with Crippen molar-refractivity contribution < 1.29 is 66.0 Å². The Balaban J connectivity index is 0.000000479. The summed E-state index contributed by atoms with van der Waals surface area (Å²) in [7, 11) is 2.19. The lowest BCUT2D eigenvalue weighted by atomic mass is 9.95. The second-order valence-electron chi connectivity index (χ2n) is 11.5. The van der Waals surface area contributed by atoms with Gasteiger partial charge in [0.25, 0.3) is 0 Å². The molecule has 2 aromatic rings. The van der Waals surface area contributed by atoms with Gasteiger partial charge >= 0.3 is 12.4 Å². The van der Waals surface area contributed by atoms with Gasteiger partial charge in [-0.25, -0.2) is 4.99 Å². The van der Waals surface area contributed by atoms with Gasteiger partial charge < -0.3 is 34.8 Å². The number of alkyl halides is 6. The van der Waals surface area contributed by atoms with Gasteiger partial charge in [0.05, 0.1) is 26.3 Å². The number of quaternary nitrogens is 2. The smallest absolute Gasteiger partial charge is 0.430 e. The first-order chi connectivity index (χ1) is 22.4. The Kier molecular flexibility index (Phi) is 15.2. The van der Waals surface area contributed by atoms with E-state index in [1.54, 1.807) is 6.92 Å². The number of piperidine rings is 1. The van der Waals surface area contributed by atoms with Gasteiger partial charge in [-0.2, -0.15) is 26.3 Å². The number of carbonyl (C=O) groups is 4. The Hall–Kier alpha value is -4.31. The highest BCUT2D eigenvalue weighted by molar-refractivity contribution is 5.92. The number of carbonyl (C=O) groups excluding carboxylic acids is 4. The van der Waals surface area contributed by atoms with Gasteiger partial charge in [0, 0.05) is 30.7 Å². The summed E-state index contributed by atoms with van der Waals surface area (Å²) < 4.78 is 63.1. The normalized spacial score (nSPS) is 18.2. The molecular weight excluding hydrogens is 650 g/mol. The molecule has 0 bridgehead atoms. The highest BCUT2D eigenvalue weighted by Crippen LogP contribution is 2.20. The Morgan fingerprint density at radius 1 is 0.917 bits per heavy atom. The summed E-state index contributed by atoms with van der Waals surface area (Å²) in [5.41, 5.74) is 2.22. The number of hydrogen-bond donors (Lipinski definition) is 3. The van der Waals surface area contributed by atoms with E-state index in [4.69, 9.17) is 24.8 Å². The lowest BCUT2D eigenvalue weighted by molar-refractivity contribution is -0.885. The third kappa shape index (κ3) is 13.8. The number of nitrogens with zero attached hydrogens (tertiary/aromatic N) is 1. The van der Waals surface area contributed by atoms with Crippen molar-refractivity contribution in [1.29, 1.82) is 0 Å². The van der Waals surface area contributed by atoms with Crippen LogP contribution in [0, 0.1) is 5.92 Å². The van der Waals surface area contributed by atoms with Crippen molar-refractivity contribution in [2.24, 2.45) is 10.9 Å². The summed E-state index contributed by atoms with van der Waals surface area (Å²) in [4.78, 5) is 48.2. The maximum atomic E-state index is 13.1. The molecule has 1 atom stereocenters. The minimum Gasteiger partial charge on any atom is -0.542 e. The molecule has 2 aliphatic heterocycles. The third-order valence-electron chi connectivity index (χ3n) is 7.61. The lowest BCUT2D eigenvalue weighted by Gasteiger charge is -2.27. The van der Waals surface area contributed by atoms with Crippen LogP contribution in [0.4, 0.5) is 26.3 Å². The van der Waals surface area contributed by atoms with Crippen LogP contribution in [0.25, 0.3) is 16.5 Å². The highest BCUT2D eigenvalue weighted by atomic mass is 19.4. The van der Waals surface area contributed by atoms with Crippen molar-refractivity contribution in [2.75, 3.05) is 20.1 Å². The number of carboxylic acids is 2. The van der Waals surface area contributed by atoms with E-state index < -0.39 is 24.3 Å². The molecule has 4 N–H and O–H groups in total. The van der Waals surface area contributed by atoms with Crippen molar-refractivity contribution >= 4 is 45.9 Å². The topological polar surface area (TPSA) is 160 Å². The van der Waals surface area contributed by atoms with Crippen molar-refractivity contribution in [3.05, 3.63) is 54.2 Å². The van der Waals surface area contributed by atoms with E-state index in [9.17, 15) is 35.9 Å². The average molecular weight is 689 g/mol. The van der Waals surface area contributed by atoms with Gasteiger partial charge in [0.15, 0.2) is 5.70 Å². The molecule has 1 saturated heterocycles. The molecule has 0 saturated carbocycles. The molecule has 2 aliphatic rings. The lowest BCUT2D eigenvalue weighted by Crippen LogP contribution is -3.10. The molecule has 264 valence electrons. The Labute approximate surface area is 272 Å². The summed E-state index contributed by atoms with van der Waals surface area (Å²) in [5.74, 6) is -4.58. The minimum atomic E-state index is -5.19. The summed E-state index contributed by atoms with van der Waals surface area (Å²) in [6.45, 7) is 3.75. The molecule has 16 heteroatoms. The second-order valence-corrected chi connectivity index (χ2v) is 11.5. The number of carboxylic acid groups (broad SMARTS) is 2. The molecular formula is C32H38F6N4O6. The molecule has 10 nitrogen and oxygen atoms in total. The zero-order chi connectivity index (χ0) is 36.1. The van der Waals surface area contributed by atoms with Crippen molar-refractivity contribution in [2.45, 2.75) is 70.3 Å². The quantitative estimate of drug-likeness (QED) is 0.246. The number of nitrogens with two attached hydrogens (primary N) is 1. The number of nitrogens with one attached hydrogen (secondary N) is 2. The van der Waals surface area contributed by atoms with Crippen LogP contribution in [0.1, 0.15) is 57.4 Å². The fourth-order valence-electron chi connectivity index (χ4n) is 4.95.